The predicted molar refractivity (Wildman–Crippen MR) is 76.6 cm³/mol. The molecule has 5 heteroatoms. The lowest BCUT2D eigenvalue weighted by atomic mass is 10.2. The van der Waals surface area contributed by atoms with E-state index in [0.717, 1.165) is 18.7 Å². The van der Waals surface area contributed by atoms with Gasteiger partial charge in [-0.1, -0.05) is 0 Å². The number of benzene rings is 1. The molecule has 1 unspecified atom stereocenters. The number of methoxy groups -OCH3 is 1. The topological polar surface area (TPSA) is 65.7 Å². The van der Waals surface area contributed by atoms with Gasteiger partial charge in [0.05, 0.1) is 31.0 Å². The minimum absolute atomic E-state index is 0.353. The lowest BCUT2D eigenvalue weighted by Crippen LogP contribution is -2.33. The lowest BCUT2D eigenvalue weighted by molar-refractivity contribution is 0.0424. The van der Waals surface area contributed by atoms with Crippen LogP contribution in [-0.2, 0) is 4.74 Å². The molecule has 0 radical (unpaired) electrons. The fourth-order valence-electron chi connectivity index (χ4n) is 1.85. The highest BCUT2D eigenvalue weighted by Gasteiger charge is 2.07. The maximum absolute atomic E-state index is 9.58. The third-order valence-electron chi connectivity index (χ3n) is 2.82. The van der Waals surface area contributed by atoms with Crippen LogP contribution in [-0.4, -0.2) is 56.6 Å². The molecule has 0 aliphatic carbocycles. The Hall–Kier alpha value is -1.61. The molecular weight excluding hydrogens is 256 g/mol. The van der Waals surface area contributed by atoms with Gasteiger partial charge in [-0.15, -0.1) is 0 Å². The lowest BCUT2D eigenvalue weighted by Gasteiger charge is -2.20. The van der Waals surface area contributed by atoms with Crippen LogP contribution in [0.3, 0.4) is 0 Å². The molecule has 1 aromatic rings. The first-order valence-corrected chi connectivity index (χ1v) is 6.64. The van der Waals surface area contributed by atoms with Gasteiger partial charge in [0.15, 0.2) is 0 Å². The van der Waals surface area contributed by atoms with Crippen molar-refractivity contribution >= 4 is 0 Å². The van der Waals surface area contributed by atoms with Crippen molar-refractivity contribution in [3.05, 3.63) is 29.8 Å². The molecular formula is C15H22N2O3. The maximum Gasteiger partial charge on any atom is 0.119 e. The van der Waals surface area contributed by atoms with Crippen LogP contribution in [0.2, 0.25) is 0 Å². The minimum atomic E-state index is -0.454. The summed E-state index contributed by atoms with van der Waals surface area (Å²) in [5.74, 6) is 0.770. The highest BCUT2D eigenvalue weighted by molar-refractivity contribution is 5.34. The zero-order valence-electron chi connectivity index (χ0n) is 12.1. The van der Waals surface area contributed by atoms with Crippen molar-refractivity contribution in [2.24, 2.45) is 0 Å². The van der Waals surface area contributed by atoms with Crippen LogP contribution in [0.4, 0.5) is 0 Å². The molecule has 1 N–H and O–H groups in total. The third kappa shape index (κ3) is 6.53. The Labute approximate surface area is 120 Å². The van der Waals surface area contributed by atoms with Gasteiger partial charge in [0, 0.05) is 20.2 Å². The van der Waals surface area contributed by atoms with Gasteiger partial charge in [0.25, 0.3) is 0 Å². The summed E-state index contributed by atoms with van der Waals surface area (Å²) in [6, 6.07) is 9.14. The zero-order valence-corrected chi connectivity index (χ0v) is 12.1. The molecule has 110 valence electrons. The Morgan fingerprint density at radius 2 is 2.05 bits per heavy atom. The van der Waals surface area contributed by atoms with E-state index in [9.17, 15) is 5.11 Å². The van der Waals surface area contributed by atoms with E-state index in [-0.39, 0.29) is 0 Å². The van der Waals surface area contributed by atoms with E-state index < -0.39 is 6.10 Å². The van der Waals surface area contributed by atoms with Gasteiger partial charge >= 0.3 is 0 Å². The summed E-state index contributed by atoms with van der Waals surface area (Å²) in [6.07, 6.45) is 0.417. The zero-order chi connectivity index (χ0) is 14.8. The Kier molecular flexibility index (Phi) is 7.66. The van der Waals surface area contributed by atoms with Crippen LogP contribution in [0.5, 0.6) is 5.75 Å². The van der Waals surface area contributed by atoms with E-state index >= 15 is 0 Å². The largest absolute Gasteiger partial charge is 0.494 e. The van der Waals surface area contributed by atoms with Crippen LogP contribution in [0, 0.1) is 11.3 Å². The van der Waals surface area contributed by atoms with Crippen molar-refractivity contribution in [1.82, 2.24) is 4.90 Å². The number of rotatable bonds is 9. The number of hydrogen-bond acceptors (Lipinski definition) is 5. The van der Waals surface area contributed by atoms with E-state index in [1.807, 2.05) is 11.9 Å². The number of likely N-dealkylation sites (N-methyl/N-ethyl adjacent to an activating group) is 1. The van der Waals surface area contributed by atoms with Gasteiger partial charge < -0.3 is 19.5 Å². The molecule has 0 amide bonds. The number of nitrogens with zero attached hydrogens (tertiary/aromatic N) is 2. The Morgan fingerprint density at radius 3 is 2.65 bits per heavy atom. The Bertz CT molecular complexity index is 414. The van der Waals surface area contributed by atoms with Gasteiger partial charge in [-0.3, -0.25) is 0 Å². The van der Waals surface area contributed by atoms with Crippen LogP contribution < -0.4 is 4.74 Å². The van der Waals surface area contributed by atoms with E-state index in [4.69, 9.17) is 14.7 Å². The molecule has 20 heavy (non-hydrogen) atoms. The molecule has 0 saturated carbocycles. The average molecular weight is 278 g/mol. The third-order valence-corrected chi connectivity index (χ3v) is 2.82. The van der Waals surface area contributed by atoms with Crippen molar-refractivity contribution in [2.75, 3.05) is 40.5 Å². The molecule has 0 saturated heterocycles. The van der Waals surface area contributed by atoms with Gasteiger partial charge in [0.2, 0.25) is 0 Å². The van der Waals surface area contributed by atoms with Gasteiger partial charge in [-0.25, -0.2) is 0 Å². The molecule has 0 aliphatic rings. The Morgan fingerprint density at radius 1 is 1.35 bits per heavy atom. The summed E-state index contributed by atoms with van der Waals surface area (Å²) >= 11 is 0. The summed E-state index contributed by atoms with van der Waals surface area (Å²) in [7, 11) is 3.54. The molecule has 0 heterocycles. The quantitative estimate of drug-likeness (QED) is 0.689. The van der Waals surface area contributed by atoms with E-state index in [2.05, 4.69) is 6.07 Å². The average Bonchev–Trinajstić information content (AvgIpc) is 2.44. The fraction of sp³-hybridized carbons (Fsp3) is 0.533. The standard InChI is InChI=1S/C15H22N2O3/c1-17(11-14(18)12-19-2)8-3-9-20-15-6-4-13(10-16)5-7-15/h4-7,14,18H,3,8-9,11-12H2,1-2H3. The van der Waals surface area contributed by atoms with Crippen molar-refractivity contribution in [2.45, 2.75) is 12.5 Å². The summed E-state index contributed by atoms with van der Waals surface area (Å²) in [5, 5.41) is 18.3. The Balaban J connectivity index is 2.16. The highest BCUT2D eigenvalue weighted by atomic mass is 16.5. The molecule has 0 aromatic heterocycles. The van der Waals surface area contributed by atoms with Crippen LogP contribution in [0.1, 0.15) is 12.0 Å². The second-order valence-corrected chi connectivity index (χ2v) is 4.71. The number of nitriles is 1. The molecule has 1 rings (SSSR count). The first-order chi connectivity index (χ1) is 9.65. The number of aliphatic hydroxyl groups excluding tert-OH is 1. The van der Waals surface area contributed by atoms with Crippen LogP contribution in [0.15, 0.2) is 24.3 Å². The predicted octanol–water partition coefficient (Wildman–Crippen LogP) is 1.27. The second kappa shape index (κ2) is 9.32. The molecule has 0 fully saturated rings. The van der Waals surface area contributed by atoms with Gasteiger partial charge in [-0.2, -0.15) is 5.26 Å². The number of ether oxygens (including phenoxy) is 2. The maximum atomic E-state index is 9.58. The SMILES string of the molecule is COCC(O)CN(C)CCCOc1ccc(C#N)cc1. The van der Waals surface area contributed by atoms with E-state index in [1.54, 1.807) is 31.4 Å². The number of hydrogen-bond donors (Lipinski definition) is 1. The van der Waals surface area contributed by atoms with Crippen molar-refractivity contribution in [3.63, 3.8) is 0 Å². The van der Waals surface area contributed by atoms with Crippen molar-refractivity contribution in [3.8, 4) is 11.8 Å². The molecule has 0 spiro atoms. The molecule has 1 atom stereocenters. The van der Waals surface area contributed by atoms with Gasteiger partial charge in [0.1, 0.15) is 5.75 Å². The van der Waals surface area contributed by atoms with Crippen LogP contribution >= 0.6 is 0 Å². The summed E-state index contributed by atoms with van der Waals surface area (Å²) in [5.41, 5.74) is 0.629. The molecule has 0 aliphatic heterocycles. The smallest absolute Gasteiger partial charge is 0.119 e. The monoisotopic (exact) mass is 278 g/mol. The minimum Gasteiger partial charge on any atom is -0.494 e. The normalized spacial score (nSPS) is 12.2. The molecule has 0 bridgehead atoms. The summed E-state index contributed by atoms with van der Waals surface area (Å²) < 4.78 is 10.5. The van der Waals surface area contributed by atoms with Gasteiger partial charge in [-0.05, 0) is 37.7 Å². The highest BCUT2D eigenvalue weighted by Crippen LogP contribution is 2.11. The number of aliphatic hydroxyl groups is 1. The molecule has 5 nitrogen and oxygen atoms in total. The van der Waals surface area contributed by atoms with Crippen molar-refractivity contribution in [1.29, 1.82) is 5.26 Å². The first-order valence-electron chi connectivity index (χ1n) is 6.64. The summed E-state index contributed by atoms with van der Waals surface area (Å²) in [6.45, 7) is 2.39. The van der Waals surface area contributed by atoms with E-state index in [1.165, 1.54) is 0 Å². The fourth-order valence-corrected chi connectivity index (χ4v) is 1.85. The van der Waals surface area contributed by atoms with Crippen LogP contribution in [0.25, 0.3) is 0 Å². The van der Waals surface area contributed by atoms with E-state index in [0.29, 0.717) is 25.3 Å². The summed E-state index contributed by atoms with van der Waals surface area (Å²) in [4.78, 5) is 2.05. The molecule has 1 aromatic carbocycles. The first kappa shape index (κ1) is 16.4. The van der Waals surface area contributed by atoms with Crippen molar-refractivity contribution < 1.29 is 14.6 Å². The second-order valence-electron chi connectivity index (χ2n) is 4.71.